The Hall–Kier alpha value is -4.97. The third kappa shape index (κ3) is 6.96. The molecule has 3 aromatic heterocycles. The zero-order valence-corrected chi connectivity index (χ0v) is 30.7. The number of anilines is 3. The Kier molecular flexibility index (Phi) is 9.57. The van der Waals surface area contributed by atoms with Crippen LogP contribution in [0.5, 0.6) is 0 Å². The lowest BCUT2D eigenvalue weighted by Crippen LogP contribution is -2.59. The second-order valence-electron chi connectivity index (χ2n) is 14.0. The Morgan fingerprint density at radius 3 is 2.58 bits per heavy atom. The number of aromatic nitrogens is 2. The minimum atomic E-state index is -0.699. The quantitative estimate of drug-likeness (QED) is 0.160. The van der Waals surface area contributed by atoms with Crippen LogP contribution in [-0.4, -0.2) is 60.4 Å². The summed E-state index contributed by atoms with van der Waals surface area (Å²) in [6.07, 6.45) is 5.16. The molecule has 270 valence electrons. The lowest BCUT2D eigenvalue weighted by atomic mass is 9.73. The number of ether oxygens (including phenoxy) is 1. The van der Waals surface area contributed by atoms with E-state index >= 15 is 0 Å². The highest BCUT2D eigenvalue weighted by atomic mass is 35.5. The number of carbonyl (C=O) groups excluding carboxylic acids is 3. The van der Waals surface area contributed by atoms with Crippen molar-refractivity contribution in [3.8, 4) is 10.6 Å². The molecular formula is C41H37ClFN5O4S. The molecule has 0 unspecified atom stereocenters. The van der Waals surface area contributed by atoms with Gasteiger partial charge >= 0.3 is 0 Å². The second-order valence-corrected chi connectivity index (χ2v) is 15.5. The van der Waals surface area contributed by atoms with Gasteiger partial charge in [-0.3, -0.25) is 19.4 Å². The van der Waals surface area contributed by atoms with E-state index < -0.39 is 11.7 Å². The van der Waals surface area contributed by atoms with Crippen LogP contribution in [0.15, 0.2) is 79.0 Å². The zero-order chi connectivity index (χ0) is 36.7. The maximum absolute atomic E-state index is 14.4. The molecule has 0 aliphatic carbocycles. The first kappa shape index (κ1) is 35.1. The molecule has 2 aromatic carbocycles. The van der Waals surface area contributed by atoms with Gasteiger partial charge in [0.05, 0.1) is 31.7 Å². The van der Waals surface area contributed by atoms with Crippen LogP contribution >= 0.6 is 22.9 Å². The number of Topliss-reactive ketones (excluding diaryl/α,β-unsaturated/α-hetero) is 1. The van der Waals surface area contributed by atoms with Crippen molar-refractivity contribution in [3.63, 3.8) is 0 Å². The normalized spacial score (nSPS) is 16.0. The van der Waals surface area contributed by atoms with Gasteiger partial charge in [0, 0.05) is 62.1 Å². The fourth-order valence-electron chi connectivity index (χ4n) is 7.52. The summed E-state index contributed by atoms with van der Waals surface area (Å²) in [5, 5.41) is 3.34. The summed E-state index contributed by atoms with van der Waals surface area (Å²) in [6, 6.07) is 20.9. The number of fused-ring (bicyclic) bond motifs is 3. The molecule has 2 saturated heterocycles. The van der Waals surface area contributed by atoms with E-state index in [9.17, 15) is 18.8 Å². The highest BCUT2D eigenvalue weighted by Gasteiger charge is 2.45. The van der Waals surface area contributed by atoms with Crippen molar-refractivity contribution in [2.24, 2.45) is 5.41 Å². The number of amides is 2. The lowest BCUT2D eigenvalue weighted by Gasteiger charge is -2.53. The van der Waals surface area contributed by atoms with Crippen molar-refractivity contribution < 1.29 is 23.5 Å². The van der Waals surface area contributed by atoms with Gasteiger partial charge in [0.2, 0.25) is 0 Å². The summed E-state index contributed by atoms with van der Waals surface area (Å²) in [5.41, 5.74) is 5.32. The largest absolute Gasteiger partial charge is 0.381 e. The maximum atomic E-state index is 14.4. The topological polar surface area (TPSA) is 105 Å². The summed E-state index contributed by atoms with van der Waals surface area (Å²) in [5.74, 6) is -0.659. The number of nitrogens with one attached hydrogen (secondary N) is 1. The smallest absolute Gasteiger partial charge is 0.260 e. The number of pyridine rings is 2. The van der Waals surface area contributed by atoms with Crippen molar-refractivity contribution in [1.29, 1.82) is 0 Å². The number of aryl methyl sites for hydroxylation is 2. The third-order valence-electron chi connectivity index (χ3n) is 10.4. The van der Waals surface area contributed by atoms with E-state index in [4.69, 9.17) is 21.3 Å². The van der Waals surface area contributed by atoms with E-state index in [2.05, 4.69) is 15.2 Å². The summed E-state index contributed by atoms with van der Waals surface area (Å²) in [4.78, 5) is 54.7. The molecule has 0 atom stereocenters. The van der Waals surface area contributed by atoms with Crippen LogP contribution in [0.3, 0.4) is 0 Å². The van der Waals surface area contributed by atoms with E-state index in [1.807, 2.05) is 55.5 Å². The van der Waals surface area contributed by atoms with Crippen molar-refractivity contribution >= 4 is 57.0 Å². The highest BCUT2D eigenvalue weighted by Crippen LogP contribution is 2.44. The first-order chi connectivity index (χ1) is 25.7. The summed E-state index contributed by atoms with van der Waals surface area (Å²) >= 11 is 7.44. The molecular weight excluding hydrogens is 713 g/mol. The Morgan fingerprint density at radius 2 is 1.81 bits per heavy atom. The second kappa shape index (κ2) is 14.5. The van der Waals surface area contributed by atoms with Crippen molar-refractivity contribution in [2.75, 3.05) is 48.0 Å². The van der Waals surface area contributed by atoms with E-state index in [1.165, 1.54) is 29.5 Å². The molecule has 0 bridgehead atoms. The highest BCUT2D eigenvalue weighted by molar-refractivity contribution is 7.19. The molecule has 3 aliphatic rings. The van der Waals surface area contributed by atoms with Gasteiger partial charge in [0.25, 0.3) is 11.8 Å². The van der Waals surface area contributed by atoms with Crippen LogP contribution in [0.1, 0.15) is 67.2 Å². The molecule has 5 aromatic rings. The molecule has 6 heterocycles. The Morgan fingerprint density at radius 1 is 1.02 bits per heavy atom. The van der Waals surface area contributed by atoms with E-state index in [-0.39, 0.29) is 27.7 Å². The number of nitrogens with zero attached hydrogens (tertiary/aromatic N) is 4. The van der Waals surface area contributed by atoms with Gasteiger partial charge in [-0.05, 0) is 98.3 Å². The van der Waals surface area contributed by atoms with Gasteiger partial charge in [-0.1, -0.05) is 29.8 Å². The van der Waals surface area contributed by atoms with Gasteiger partial charge in [-0.15, -0.1) is 11.3 Å². The molecule has 8 rings (SSSR count). The first-order valence-corrected chi connectivity index (χ1v) is 19.0. The Balaban J connectivity index is 0.937. The van der Waals surface area contributed by atoms with E-state index in [0.29, 0.717) is 53.3 Å². The predicted octanol–water partition coefficient (Wildman–Crippen LogP) is 8.19. The molecule has 9 nitrogen and oxygen atoms in total. The molecule has 0 radical (unpaired) electrons. The summed E-state index contributed by atoms with van der Waals surface area (Å²) in [7, 11) is 0. The number of halogens is 2. The minimum absolute atomic E-state index is 0.0306. The molecule has 12 heteroatoms. The van der Waals surface area contributed by atoms with E-state index in [1.54, 1.807) is 17.2 Å². The van der Waals surface area contributed by atoms with Crippen molar-refractivity contribution in [1.82, 2.24) is 9.97 Å². The van der Waals surface area contributed by atoms with Crippen LogP contribution in [0.2, 0.25) is 5.02 Å². The van der Waals surface area contributed by atoms with Crippen LogP contribution in [-0.2, 0) is 17.6 Å². The summed E-state index contributed by atoms with van der Waals surface area (Å²) in [6.45, 7) is 5.74. The molecule has 1 N–H and O–H groups in total. The van der Waals surface area contributed by atoms with Crippen LogP contribution in [0.4, 0.5) is 20.9 Å². The molecule has 3 aliphatic heterocycles. The van der Waals surface area contributed by atoms with Crippen LogP contribution < -0.4 is 15.1 Å². The molecule has 0 saturated carbocycles. The Bertz CT molecular complexity index is 2210. The molecule has 2 fully saturated rings. The number of hydrogen-bond donors (Lipinski definition) is 1. The van der Waals surface area contributed by atoms with Crippen molar-refractivity contribution in [2.45, 2.75) is 39.0 Å². The SMILES string of the molecule is Cc1ccc(C(=O)CCc2ccc(C(=O)N3CCc4cc(NC(=O)c5c(F)cccc5Cl)sc4-c4ncccc43)cc2)c(N2CC3(CCOCC3)C2)n1. The fourth-order valence-corrected chi connectivity index (χ4v) is 8.88. The van der Waals surface area contributed by atoms with E-state index in [0.717, 1.165) is 66.7 Å². The zero-order valence-electron chi connectivity index (χ0n) is 29.2. The maximum Gasteiger partial charge on any atom is 0.260 e. The molecule has 53 heavy (non-hydrogen) atoms. The van der Waals surface area contributed by atoms with Gasteiger partial charge in [-0.25, -0.2) is 9.37 Å². The van der Waals surface area contributed by atoms with Crippen molar-refractivity contribution in [3.05, 3.63) is 123 Å². The van der Waals surface area contributed by atoms with Gasteiger partial charge < -0.3 is 19.9 Å². The predicted molar refractivity (Wildman–Crippen MR) is 205 cm³/mol. The number of ketones is 1. The average Bonchev–Trinajstić information content (AvgIpc) is 3.48. The minimum Gasteiger partial charge on any atom is -0.381 e. The Labute approximate surface area is 315 Å². The monoisotopic (exact) mass is 749 g/mol. The number of benzene rings is 2. The number of rotatable bonds is 8. The summed E-state index contributed by atoms with van der Waals surface area (Å²) < 4.78 is 20.0. The van der Waals surface area contributed by atoms with Crippen LogP contribution in [0, 0.1) is 18.2 Å². The standard InChI is InChI=1S/C41H37ClFN5O4S/c1-25-7-13-29(38(45-25)47-23-41(24-47)16-20-52-21-17-41)33(49)14-10-26-8-11-27(12-9-26)40(51)48-19-15-28-22-34(53-37(28)36-32(48)6-3-18-44-36)46-39(50)35-30(42)4-2-5-31(35)43/h2-9,11-13,18,22H,10,14-17,19-21,23-24H2,1H3,(H,46,50). The fraction of sp³-hybridized carbons (Fsp3) is 0.293. The molecule has 2 amide bonds. The van der Waals surface area contributed by atoms with Gasteiger partial charge in [0.1, 0.15) is 17.3 Å². The van der Waals surface area contributed by atoms with Gasteiger partial charge in [-0.2, -0.15) is 0 Å². The molecule has 1 spiro atoms. The van der Waals surface area contributed by atoms with Gasteiger partial charge in [0.15, 0.2) is 5.78 Å². The number of hydrogen-bond acceptors (Lipinski definition) is 8. The van der Waals surface area contributed by atoms with Crippen LogP contribution in [0.25, 0.3) is 10.6 Å². The third-order valence-corrected chi connectivity index (χ3v) is 11.9. The first-order valence-electron chi connectivity index (χ1n) is 17.8. The number of carbonyl (C=O) groups is 3. The average molecular weight is 750 g/mol. The number of thiophene rings is 1. The lowest BCUT2D eigenvalue weighted by molar-refractivity contribution is -0.000524.